The molecule has 2 aromatic rings. The fourth-order valence-corrected chi connectivity index (χ4v) is 2.92. The topological polar surface area (TPSA) is 137 Å². The van der Waals surface area contributed by atoms with Crippen LogP contribution in [0.2, 0.25) is 0 Å². The Morgan fingerprint density at radius 2 is 1.86 bits per heavy atom. The van der Waals surface area contributed by atoms with Gasteiger partial charge in [-0.1, -0.05) is 31.2 Å². The summed E-state index contributed by atoms with van der Waals surface area (Å²) in [6.07, 6.45) is -2.83. The van der Waals surface area contributed by atoms with Crippen molar-refractivity contribution < 1.29 is 27.2 Å². The number of aryl methyl sites for hydroxylation is 1. The minimum absolute atomic E-state index is 0.0673. The Bertz CT molecular complexity index is 1130. The second-order valence-electron chi connectivity index (χ2n) is 7.40. The Hall–Kier alpha value is -4.11. The number of nitrogens with two attached hydrogens (primary N) is 2. The monoisotopic (exact) mass is 492 g/mol. The van der Waals surface area contributed by atoms with Gasteiger partial charge in [-0.15, -0.1) is 0 Å². The molecule has 8 nitrogen and oxygen atoms in total. The zero-order valence-corrected chi connectivity index (χ0v) is 18.7. The van der Waals surface area contributed by atoms with Crippen molar-refractivity contribution in [3.63, 3.8) is 0 Å². The van der Waals surface area contributed by atoms with Crippen molar-refractivity contribution in [1.82, 2.24) is 15.6 Å². The lowest BCUT2D eigenvalue weighted by Gasteiger charge is -2.17. The Morgan fingerprint density at radius 1 is 1.20 bits per heavy atom. The van der Waals surface area contributed by atoms with Gasteiger partial charge in [0.05, 0.1) is 23.7 Å². The molecule has 0 fully saturated rings. The quantitative estimate of drug-likeness (QED) is 0.184. The van der Waals surface area contributed by atoms with Gasteiger partial charge in [-0.25, -0.2) is 10.2 Å². The summed E-state index contributed by atoms with van der Waals surface area (Å²) in [7, 11) is 0. The van der Waals surface area contributed by atoms with Gasteiger partial charge in [-0.05, 0) is 35.7 Å². The van der Waals surface area contributed by atoms with E-state index in [4.69, 9.17) is 11.6 Å². The molecule has 35 heavy (non-hydrogen) atoms. The molecule has 2 rings (SSSR count). The van der Waals surface area contributed by atoms with Gasteiger partial charge in [0.2, 0.25) is 0 Å². The van der Waals surface area contributed by atoms with Crippen molar-refractivity contribution in [3.05, 3.63) is 82.4 Å². The van der Waals surface area contributed by atoms with Crippen LogP contribution in [-0.4, -0.2) is 29.9 Å². The number of amides is 2. The highest BCUT2D eigenvalue weighted by Crippen LogP contribution is 2.30. The second kappa shape index (κ2) is 11.8. The van der Waals surface area contributed by atoms with Crippen LogP contribution < -0.4 is 22.2 Å². The molecule has 0 aliphatic heterocycles. The van der Waals surface area contributed by atoms with Crippen molar-refractivity contribution in [3.8, 4) is 6.07 Å². The van der Waals surface area contributed by atoms with E-state index in [1.54, 1.807) is 12.1 Å². The first-order valence-electron chi connectivity index (χ1n) is 10.4. The smallest absolute Gasteiger partial charge is 0.393 e. The zero-order valence-electron chi connectivity index (χ0n) is 18.7. The second-order valence-corrected chi connectivity index (χ2v) is 7.40. The fourth-order valence-electron chi connectivity index (χ4n) is 2.92. The molecule has 0 aliphatic carbocycles. The number of nitrogens with zero attached hydrogens (tertiary/aromatic N) is 2. The van der Waals surface area contributed by atoms with Crippen molar-refractivity contribution in [1.29, 1.82) is 5.26 Å². The first kappa shape index (κ1) is 27.1. The largest absolute Gasteiger partial charge is 0.416 e. The predicted octanol–water partition coefficient (Wildman–Crippen LogP) is 2.49. The van der Waals surface area contributed by atoms with E-state index >= 15 is 0 Å². The minimum Gasteiger partial charge on any atom is -0.393 e. The van der Waals surface area contributed by atoms with Crippen LogP contribution in [0.15, 0.2) is 54.4 Å². The van der Waals surface area contributed by atoms with Crippen LogP contribution in [0.3, 0.4) is 0 Å². The highest BCUT2D eigenvalue weighted by molar-refractivity contribution is 5.94. The number of alkyl halides is 3. The molecule has 0 spiro atoms. The predicted molar refractivity (Wildman–Crippen MR) is 119 cm³/mol. The average molecular weight is 492 g/mol. The SMILES string of the molecule is CCc1ccc(C(C#N)NC(=O)/C(N)=C/N(N)CCNC(=O)c2ccc(C(F)(F)F)cc2F)cc1. The first-order valence-corrected chi connectivity index (χ1v) is 10.4. The molecule has 0 bridgehead atoms. The summed E-state index contributed by atoms with van der Waals surface area (Å²) in [4.78, 5) is 24.4. The van der Waals surface area contributed by atoms with Crippen LogP contribution in [0.5, 0.6) is 0 Å². The molecule has 1 unspecified atom stereocenters. The summed E-state index contributed by atoms with van der Waals surface area (Å²) in [6, 6.07) is 9.74. The Morgan fingerprint density at radius 3 is 2.40 bits per heavy atom. The van der Waals surface area contributed by atoms with Crippen LogP contribution in [0, 0.1) is 17.1 Å². The van der Waals surface area contributed by atoms with Crippen LogP contribution in [-0.2, 0) is 17.4 Å². The number of hydrogen-bond donors (Lipinski definition) is 4. The zero-order chi connectivity index (χ0) is 26.2. The lowest BCUT2D eigenvalue weighted by molar-refractivity contribution is -0.137. The maximum absolute atomic E-state index is 13.9. The number of hydrazine groups is 1. The lowest BCUT2D eigenvalue weighted by Crippen LogP contribution is -2.38. The number of halogens is 4. The summed E-state index contributed by atoms with van der Waals surface area (Å²) >= 11 is 0. The van der Waals surface area contributed by atoms with Gasteiger partial charge >= 0.3 is 6.18 Å². The van der Waals surface area contributed by atoms with E-state index in [-0.39, 0.29) is 24.9 Å². The normalized spacial score (nSPS) is 12.4. The number of carbonyl (C=O) groups is 2. The maximum atomic E-state index is 13.9. The number of benzene rings is 2. The van der Waals surface area contributed by atoms with E-state index in [2.05, 4.69) is 10.6 Å². The average Bonchev–Trinajstić information content (AvgIpc) is 2.81. The third-order valence-electron chi connectivity index (χ3n) is 4.89. The number of carbonyl (C=O) groups excluding carboxylic acids is 2. The van der Waals surface area contributed by atoms with E-state index in [0.29, 0.717) is 11.6 Å². The van der Waals surface area contributed by atoms with Crippen LogP contribution in [0.25, 0.3) is 0 Å². The van der Waals surface area contributed by atoms with Crippen molar-refractivity contribution >= 4 is 11.8 Å². The number of nitriles is 1. The Labute approximate surface area is 199 Å². The molecule has 0 saturated carbocycles. The molecule has 0 heterocycles. The van der Waals surface area contributed by atoms with E-state index in [0.717, 1.165) is 29.3 Å². The molecule has 0 aliphatic rings. The first-order chi connectivity index (χ1) is 16.5. The third kappa shape index (κ3) is 7.72. The molecule has 6 N–H and O–H groups in total. The van der Waals surface area contributed by atoms with Gasteiger partial charge in [-0.3, -0.25) is 9.59 Å². The van der Waals surface area contributed by atoms with Gasteiger partial charge in [0.25, 0.3) is 11.8 Å². The Balaban J connectivity index is 1.90. The molecule has 0 saturated heterocycles. The molecule has 2 amide bonds. The summed E-state index contributed by atoms with van der Waals surface area (Å²) < 4.78 is 51.7. The van der Waals surface area contributed by atoms with Crippen LogP contribution in [0.4, 0.5) is 17.6 Å². The summed E-state index contributed by atoms with van der Waals surface area (Å²) in [5.74, 6) is 2.72. The van der Waals surface area contributed by atoms with E-state index in [1.165, 1.54) is 0 Å². The van der Waals surface area contributed by atoms with Gasteiger partial charge in [-0.2, -0.15) is 18.4 Å². The Kier molecular flexibility index (Phi) is 9.18. The van der Waals surface area contributed by atoms with E-state index in [9.17, 15) is 32.4 Å². The number of rotatable bonds is 9. The fraction of sp³-hybridized carbons (Fsp3) is 0.261. The summed E-state index contributed by atoms with van der Waals surface area (Å²) in [6.45, 7) is 1.79. The molecular formula is C23H24F4N6O2. The molecule has 0 radical (unpaired) electrons. The van der Waals surface area contributed by atoms with Crippen molar-refractivity contribution in [2.24, 2.45) is 11.6 Å². The molecular weight excluding hydrogens is 468 g/mol. The molecule has 12 heteroatoms. The number of hydrogen-bond acceptors (Lipinski definition) is 6. The van der Waals surface area contributed by atoms with Gasteiger partial charge < -0.3 is 21.4 Å². The lowest BCUT2D eigenvalue weighted by atomic mass is 10.0. The third-order valence-corrected chi connectivity index (χ3v) is 4.89. The highest BCUT2D eigenvalue weighted by Gasteiger charge is 2.31. The van der Waals surface area contributed by atoms with Gasteiger partial charge in [0.15, 0.2) is 0 Å². The highest BCUT2D eigenvalue weighted by atomic mass is 19.4. The van der Waals surface area contributed by atoms with E-state index in [1.807, 2.05) is 25.1 Å². The molecule has 2 aromatic carbocycles. The molecule has 0 aromatic heterocycles. The van der Waals surface area contributed by atoms with Gasteiger partial charge in [0.1, 0.15) is 17.6 Å². The number of nitrogens with one attached hydrogen (secondary N) is 2. The molecule has 186 valence electrons. The minimum atomic E-state index is -4.73. The van der Waals surface area contributed by atoms with Gasteiger partial charge in [0, 0.05) is 12.7 Å². The molecule has 1 atom stereocenters. The summed E-state index contributed by atoms with van der Waals surface area (Å²) in [5.41, 5.74) is 5.29. The standard InChI is InChI=1S/C23H24F4N6O2/c1-2-14-3-5-15(6-4-14)20(12-28)32-22(35)19(29)13-33(30)10-9-31-21(34)17-8-7-16(11-18(17)24)23(25,26)27/h3-8,11,13,20H,2,9-10,29-30H2,1H3,(H,31,34)(H,32,35)/b19-13-. The van der Waals surface area contributed by atoms with Crippen molar-refractivity contribution in [2.75, 3.05) is 13.1 Å². The van der Waals surface area contributed by atoms with E-state index < -0.39 is 41.0 Å². The summed E-state index contributed by atoms with van der Waals surface area (Å²) in [5, 5.41) is 15.1. The van der Waals surface area contributed by atoms with Crippen LogP contribution >= 0.6 is 0 Å². The van der Waals surface area contributed by atoms with Crippen LogP contribution in [0.1, 0.15) is 40.0 Å². The van der Waals surface area contributed by atoms with Crippen molar-refractivity contribution in [2.45, 2.75) is 25.6 Å². The maximum Gasteiger partial charge on any atom is 0.416 e.